The van der Waals surface area contributed by atoms with E-state index in [4.69, 9.17) is 23.2 Å². The van der Waals surface area contributed by atoms with Crippen molar-refractivity contribution in [1.29, 1.82) is 0 Å². The molecule has 0 atom stereocenters. The Morgan fingerprint density at radius 1 is 1.00 bits per heavy atom. The molecule has 28 heavy (non-hydrogen) atoms. The molecule has 3 aromatic carbocycles. The topological polar surface area (TPSA) is 42.0 Å². The number of amides is 1. The zero-order chi connectivity index (χ0) is 19.8. The van der Waals surface area contributed by atoms with Crippen molar-refractivity contribution in [3.63, 3.8) is 0 Å². The van der Waals surface area contributed by atoms with E-state index in [-0.39, 0.29) is 5.91 Å². The van der Waals surface area contributed by atoms with Gasteiger partial charge < -0.3 is 5.32 Å². The lowest BCUT2D eigenvalue weighted by molar-refractivity contribution is 0.102. The van der Waals surface area contributed by atoms with E-state index < -0.39 is 0 Å². The predicted octanol–water partition coefficient (Wildman–Crippen LogP) is 7.14. The van der Waals surface area contributed by atoms with E-state index in [0.29, 0.717) is 26.9 Å². The van der Waals surface area contributed by atoms with Gasteiger partial charge in [-0.05, 0) is 61.4 Å². The summed E-state index contributed by atoms with van der Waals surface area (Å²) in [5.74, 6) is -0.227. The Bertz CT molecular complexity index is 1180. The van der Waals surface area contributed by atoms with E-state index in [1.807, 2.05) is 50.2 Å². The average Bonchev–Trinajstić information content (AvgIpc) is 3.09. The van der Waals surface area contributed by atoms with Crippen LogP contribution in [0.4, 0.5) is 5.69 Å². The molecule has 0 fully saturated rings. The first-order valence-electron chi connectivity index (χ1n) is 8.66. The molecular weight excluding hydrogens is 411 g/mol. The van der Waals surface area contributed by atoms with Crippen LogP contribution in [0.25, 0.3) is 20.8 Å². The van der Waals surface area contributed by atoms with Crippen LogP contribution in [0.3, 0.4) is 0 Å². The quantitative estimate of drug-likeness (QED) is 0.378. The van der Waals surface area contributed by atoms with Gasteiger partial charge in [0, 0.05) is 16.1 Å². The third kappa shape index (κ3) is 3.63. The van der Waals surface area contributed by atoms with Crippen molar-refractivity contribution in [2.75, 3.05) is 5.32 Å². The van der Waals surface area contributed by atoms with Gasteiger partial charge in [0.1, 0.15) is 5.01 Å². The van der Waals surface area contributed by atoms with E-state index >= 15 is 0 Å². The first-order valence-corrected chi connectivity index (χ1v) is 10.2. The number of nitrogens with one attached hydrogen (secondary N) is 1. The van der Waals surface area contributed by atoms with Gasteiger partial charge in [-0.25, -0.2) is 4.98 Å². The number of para-hydroxylation sites is 1. The van der Waals surface area contributed by atoms with Crippen LogP contribution >= 0.6 is 34.5 Å². The van der Waals surface area contributed by atoms with Crippen LogP contribution in [0.2, 0.25) is 10.0 Å². The van der Waals surface area contributed by atoms with Crippen molar-refractivity contribution in [1.82, 2.24) is 4.98 Å². The molecule has 0 spiro atoms. The number of carbonyl (C=O) groups is 1. The monoisotopic (exact) mass is 426 g/mol. The molecule has 0 aliphatic carbocycles. The van der Waals surface area contributed by atoms with E-state index in [9.17, 15) is 4.79 Å². The number of aryl methyl sites for hydroxylation is 2. The van der Waals surface area contributed by atoms with E-state index in [1.54, 1.807) is 18.2 Å². The molecule has 140 valence electrons. The number of aromatic nitrogens is 1. The van der Waals surface area contributed by atoms with Gasteiger partial charge in [0.15, 0.2) is 0 Å². The first-order chi connectivity index (χ1) is 13.4. The van der Waals surface area contributed by atoms with Crippen molar-refractivity contribution in [2.45, 2.75) is 13.8 Å². The Hall–Kier alpha value is -2.40. The maximum absolute atomic E-state index is 12.9. The van der Waals surface area contributed by atoms with Gasteiger partial charge in [-0.2, -0.15) is 0 Å². The largest absolute Gasteiger partial charge is 0.320 e. The molecule has 4 rings (SSSR count). The van der Waals surface area contributed by atoms with Gasteiger partial charge in [-0.15, -0.1) is 11.3 Å². The fourth-order valence-electron chi connectivity index (χ4n) is 2.93. The molecule has 4 aromatic rings. The Morgan fingerprint density at radius 2 is 1.79 bits per heavy atom. The number of hydrogen-bond donors (Lipinski definition) is 1. The highest BCUT2D eigenvalue weighted by Gasteiger charge is 2.18. The maximum atomic E-state index is 12.9. The summed E-state index contributed by atoms with van der Waals surface area (Å²) in [6.45, 7) is 3.99. The number of fused-ring (bicyclic) bond motifs is 1. The van der Waals surface area contributed by atoms with Gasteiger partial charge in [0.05, 0.1) is 20.9 Å². The summed E-state index contributed by atoms with van der Waals surface area (Å²) in [4.78, 5) is 17.5. The lowest BCUT2D eigenvalue weighted by Crippen LogP contribution is -2.13. The molecule has 6 heteroatoms. The molecule has 0 unspecified atom stereocenters. The summed E-state index contributed by atoms with van der Waals surface area (Å²) >= 11 is 14.2. The van der Waals surface area contributed by atoms with Gasteiger partial charge in [-0.1, -0.05) is 41.4 Å². The SMILES string of the molecule is Cc1ccc(C(=O)Nc2c(Cl)cc(Cl)cc2-c2nc3ccccc3s2)cc1C. The average molecular weight is 427 g/mol. The first kappa shape index (κ1) is 18.9. The number of anilines is 1. The van der Waals surface area contributed by atoms with Crippen LogP contribution in [0.5, 0.6) is 0 Å². The molecule has 0 saturated heterocycles. The minimum absolute atomic E-state index is 0.227. The molecule has 0 radical (unpaired) electrons. The summed E-state index contributed by atoms with van der Waals surface area (Å²) in [5, 5.41) is 4.56. The minimum atomic E-state index is -0.227. The third-order valence-electron chi connectivity index (χ3n) is 4.59. The molecule has 3 nitrogen and oxygen atoms in total. The molecular formula is C22H16Cl2N2OS. The van der Waals surface area contributed by atoms with Crippen LogP contribution in [-0.4, -0.2) is 10.9 Å². The highest BCUT2D eigenvalue weighted by Crippen LogP contribution is 2.40. The molecule has 1 aromatic heterocycles. The van der Waals surface area contributed by atoms with E-state index in [1.165, 1.54) is 11.3 Å². The van der Waals surface area contributed by atoms with Crippen LogP contribution < -0.4 is 5.32 Å². The number of benzene rings is 3. The second-order valence-corrected chi connectivity index (χ2v) is 8.42. The minimum Gasteiger partial charge on any atom is -0.320 e. The Balaban J connectivity index is 1.78. The molecule has 1 heterocycles. The second kappa shape index (κ2) is 7.55. The van der Waals surface area contributed by atoms with Crippen molar-refractivity contribution in [3.05, 3.63) is 81.3 Å². The lowest BCUT2D eigenvalue weighted by Gasteiger charge is -2.13. The second-order valence-electron chi connectivity index (χ2n) is 6.55. The number of carbonyl (C=O) groups excluding carboxylic acids is 1. The zero-order valence-electron chi connectivity index (χ0n) is 15.2. The molecule has 0 bridgehead atoms. The Kier molecular flexibility index (Phi) is 5.11. The summed E-state index contributed by atoms with van der Waals surface area (Å²) < 4.78 is 1.06. The van der Waals surface area contributed by atoms with Gasteiger partial charge in [-0.3, -0.25) is 4.79 Å². The number of nitrogens with zero attached hydrogens (tertiary/aromatic N) is 1. The molecule has 0 aliphatic heterocycles. The fourth-order valence-corrected chi connectivity index (χ4v) is 4.45. The Morgan fingerprint density at radius 3 is 2.54 bits per heavy atom. The van der Waals surface area contributed by atoms with Crippen molar-refractivity contribution in [2.24, 2.45) is 0 Å². The highest BCUT2D eigenvalue weighted by atomic mass is 35.5. The number of hydrogen-bond acceptors (Lipinski definition) is 3. The zero-order valence-corrected chi connectivity index (χ0v) is 17.5. The van der Waals surface area contributed by atoms with Gasteiger partial charge >= 0.3 is 0 Å². The predicted molar refractivity (Wildman–Crippen MR) is 119 cm³/mol. The summed E-state index contributed by atoms with van der Waals surface area (Å²) in [5.41, 5.74) is 4.87. The molecule has 0 saturated carbocycles. The summed E-state index contributed by atoms with van der Waals surface area (Å²) in [6.07, 6.45) is 0. The van der Waals surface area contributed by atoms with Gasteiger partial charge in [0.2, 0.25) is 0 Å². The van der Waals surface area contributed by atoms with Crippen molar-refractivity contribution in [3.8, 4) is 10.6 Å². The number of thiazole rings is 1. The van der Waals surface area contributed by atoms with Gasteiger partial charge in [0.25, 0.3) is 5.91 Å². The third-order valence-corrected chi connectivity index (χ3v) is 6.17. The lowest BCUT2D eigenvalue weighted by atomic mass is 10.1. The smallest absolute Gasteiger partial charge is 0.255 e. The standard InChI is InChI=1S/C22H16Cl2N2OS/c1-12-7-8-14(9-13(12)2)21(27)26-20-16(10-15(23)11-17(20)24)22-25-18-5-3-4-6-19(18)28-22/h3-11H,1-2H3,(H,26,27). The van der Waals surface area contributed by atoms with Crippen molar-refractivity contribution < 1.29 is 4.79 Å². The molecule has 1 N–H and O–H groups in total. The van der Waals surface area contributed by atoms with E-state index in [2.05, 4.69) is 10.3 Å². The maximum Gasteiger partial charge on any atom is 0.255 e. The summed E-state index contributed by atoms with van der Waals surface area (Å²) in [6, 6.07) is 16.9. The van der Waals surface area contributed by atoms with Crippen molar-refractivity contribution >= 4 is 56.3 Å². The number of halogens is 2. The van der Waals surface area contributed by atoms with Crippen LogP contribution in [0.15, 0.2) is 54.6 Å². The molecule has 1 amide bonds. The van der Waals surface area contributed by atoms with Crippen LogP contribution in [0, 0.1) is 13.8 Å². The fraction of sp³-hybridized carbons (Fsp3) is 0.0909. The molecule has 0 aliphatic rings. The Labute approximate surface area is 177 Å². The van der Waals surface area contributed by atoms with E-state index in [0.717, 1.165) is 26.4 Å². The normalized spacial score (nSPS) is 11.0. The number of rotatable bonds is 3. The van der Waals surface area contributed by atoms with Crippen LogP contribution in [0.1, 0.15) is 21.5 Å². The summed E-state index contributed by atoms with van der Waals surface area (Å²) in [7, 11) is 0. The highest BCUT2D eigenvalue weighted by molar-refractivity contribution is 7.21. The van der Waals surface area contributed by atoms with Crippen LogP contribution in [-0.2, 0) is 0 Å².